The maximum absolute atomic E-state index is 15.2. The zero-order valence-corrected chi connectivity index (χ0v) is 37.7. The first-order valence-electron chi connectivity index (χ1n) is 23.2. The fourth-order valence-corrected chi connectivity index (χ4v) is 10.2. The minimum absolute atomic E-state index is 0.000585. The molecule has 0 spiro atoms. The average molecular weight is 920 g/mol. The highest BCUT2D eigenvalue weighted by Crippen LogP contribution is 2.62. The van der Waals surface area contributed by atoms with Crippen LogP contribution in [0.25, 0.3) is 0 Å². The molecule has 2 aliphatic carbocycles. The third-order valence-corrected chi connectivity index (χ3v) is 13.3. The van der Waals surface area contributed by atoms with Crippen molar-refractivity contribution in [3.63, 3.8) is 0 Å². The van der Waals surface area contributed by atoms with Crippen LogP contribution in [0.1, 0.15) is 91.3 Å². The van der Waals surface area contributed by atoms with Gasteiger partial charge in [-0.05, 0) is 110 Å². The Balaban J connectivity index is 1.30. The lowest BCUT2D eigenvalue weighted by Gasteiger charge is -2.60. The summed E-state index contributed by atoms with van der Waals surface area (Å²) in [6, 6.07) is 22.6. The fraction of sp³-hybridized carbons (Fsp3) is 0.423. The van der Waals surface area contributed by atoms with Gasteiger partial charge in [0, 0.05) is 60.9 Å². The largest absolute Gasteiger partial charge is 0.489 e. The lowest BCUT2D eigenvalue weighted by Crippen LogP contribution is -2.70. The van der Waals surface area contributed by atoms with Gasteiger partial charge in [-0.25, -0.2) is 4.39 Å². The van der Waals surface area contributed by atoms with Crippen molar-refractivity contribution in [1.29, 1.82) is 0 Å². The van der Waals surface area contributed by atoms with Gasteiger partial charge < -0.3 is 43.6 Å². The highest BCUT2D eigenvalue weighted by atomic mass is 19.1. The number of unbranched alkanes of at least 4 members (excludes halogenated alkanes) is 2. The summed E-state index contributed by atoms with van der Waals surface area (Å²) in [5.41, 5.74) is 3.74. The molecule has 15 heteroatoms. The van der Waals surface area contributed by atoms with E-state index in [0.717, 1.165) is 36.8 Å². The zero-order chi connectivity index (χ0) is 46.9. The summed E-state index contributed by atoms with van der Waals surface area (Å²) in [5, 5.41) is 36.3. The molecule has 354 valence electrons. The van der Waals surface area contributed by atoms with Gasteiger partial charge >= 0.3 is 0 Å². The Morgan fingerprint density at radius 2 is 1.73 bits per heavy atom. The molecular formula is C52H58FN3O11. The van der Waals surface area contributed by atoms with Gasteiger partial charge in [-0.2, -0.15) is 0 Å². The van der Waals surface area contributed by atoms with Crippen LogP contribution in [-0.2, 0) is 22.8 Å². The van der Waals surface area contributed by atoms with Crippen molar-refractivity contribution in [3.8, 4) is 23.0 Å². The maximum Gasteiger partial charge on any atom is 0.269 e. The summed E-state index contributed by atoms with van der Waals surface area (Å²) < 4.78 is 46.9. The number of oxime groups is 1. The van der Waals surface area contributed by atoms with E-state index in [2.05, 4.69) is 12.7 Å². The van der Waals surface area contributed by atoms with Gasteiger partial charge in [0.05, 0.1) is 23.2 Å². The number of benzene rings is 4. The molecule has 2 N–H and O–H groups in total. The van der Waals surface area contributed by atoms with Gasteiger partial charge in [-0.15, -0.1) is 6.58 Å². The van der Waals surface area contributed by atoms with Crippen LogP contribution >= 0.6 is 0 Å². The van der Waals surface area contributed by atoms with E-state index in [0.29, 0.717) is 71.2 Å². The van der Waals surface area contributed by atoms with Crippen molar-refractivity contribution in [3.05, 3.63) is 147 Å². The number of aliphatic hydroxyl groups is 2. The first kappa shape index (κ1) is 47.2. The van der Waals surface area contributed by atoms with Crippen LogP contribution in [0.4, 0.5) is 10.1 Å². The predicted octanol–water partition coefficient (Wildman–Crippen LogP) is 9.43. The van der Waals surface area contributed by atoms with Crippen LogP contribution in [-0.4, -0.2) is 76.6 Å². The smallest absolute Gasteiger partial charge is 0.269 e. The molecule has 0 aromatic heterocycles. The first-order valence-corrected chi connectivity index (χ1v) is 23.2. The monoisotopic (exact) mass is 919 g/mol. The van der Waals surface area contributed by atoms with E-state index in [1.165, 1.54) is 18.2 Å². The van der Waals surface area contributed by atoms with Crippen LogP contribution in [0.15, 0.2) is 114 Å². The van der Waals surface area contributed by atoms with Crippen molar-refractivity contribution >= 4 is 17.3 Å². The number of amides is 1. The summed E-state index contributed by atoms with van der Waals surface area (Å²) in [7, 11) is 0. The molecule has 0 saturated heterocycles. The lowest BCUT2D eigenvalue weighted by molar-refractivity contribution is -0.384. The Morgan fingerprint density at radius 1 is 0.970 bits per heavy atom. The van der Waals surface area contributed by atoms with Crippen molar-refractivity contribution in [2.75, 3.05) is 33.2 Å². The summed E-state index contributed by atoms with van der Waals surface area (Å²) in [6.45, 7) is 6.61. The maximum atomic E-state index is 15.2. The summed E-state index contributed by atoms with van der Waals surface area (Å²) in [5.74, 6) is -1.03. The number of nitro benzene ring substituents is 1. The van der Waals surface area contributed by atoms with E-state index < -0.39 is 22.7 Å². The minimum Gasteiger partial charge on any atom is -0.489 e. The van der Waals surface area contributed by atoms with Crippen molar-refractivity contribution in [2.45, 2.75) is 89.3 Å². The van der Waals surface area contributed by atoms with Crippen molar-refractivity contribution in [2.24, 2.45) is 22.9 Å². The van der Waals surface area contributed by atoms with Crippen LogP contribution in [0.2, 0.25) is 0 Å². The summed E-state index contributed by atoms with van der Waals surface area (Å²) in [4.78, 5) is 34.1. The quantitative estimate of drug-likeness (QED) is 0.0333. The molecule has 4 aromatic carbocycles. The second kappa shape index (κ2) is 21.6. The Hall–Kier alpha value is -6.29. The van der Waals surface area contributed by atoms with Gasteiger partial charge in [-0.1, -0.05) is 55.3 Å². The molecule has 8 rings (SSSR count). The van der Waals surface area contributed by atoms with Crippen molar-refractivity contribution in [1.82, 2.24) is 4.90 Å². The highest BCUT2D eigenvalue weighted by Gasteiger charge is 2.65. The molecule has 4 aromatic rings. The molecule has 1 saturated carbocycles. The third-order valence-electron chi connectivity index (χ3n) is 13.3. The van der Waals surface area contributed by atoms with E-state index in [1.54, 1.807) is 60.7 Å². The predicted molar refractivity (Wildman–Crippen MR) is 247 cm³/mol. The van der Waals surface area contributed by atoms with Crippen LogP contribution in [0.3, 0.4) is 0 Å². The molecule has 2 aliphatic heterocycles. The number of aliphatic hydroxyl groups excluding tert-OH is 2. The summed E-state index contributed by atoms with van der Waals surface area (Å²) in [6.07, 6.45) is 8.88. The molecule has 2 heterocycles. The van der Waals surface area contributed by atoms with E-state index in [-0.39, 0.29) is 81.4 Å². The number of hydrogen-bond acceptors (Lipinski definition) is 12. The second-order valence-corrected chi connectivity index (χ2v) is 17.4. The molecular weight excluding hydrogens is 862 g/mol. The molecule has 0 bridgehead atoms. The lowest BCUT2D eigenvalue weighted by atomic mass is 9.55. The molecule has 6 unspecified atom stereocenters. The van der Waals surface area contributed by atoms with Gasteiger partial charge in [0.15, 0.2) is 11.5 Å². The van der Waals surface area contributed by atoms with Crippen LogP contribution in [0, 0.1) is 33.7 Å². The Kier molecular flexibility index (Phi) is 15.2. The molecule has 1 amide bonds. The molecule has 4 aliphatic rings. The zero-order valence-electron chi connectivity index (χ0n) is 37.7. The number of ether oxygens (including phenoxy) is 5. The number of rotatable bonds is 22. The van der Waals surface area contributed by atoms with E-state index in [4.69, 9.17) is 33.7 Å². The standard InChI is InChI=1S/C52H58FN3O11/c1-3-23-55(51(59)36-17-21-46-47(28-36)64-33-63-46)48-30-44(54-66-31-34-15-18-38(19-16-34)56(60)61)41-27-35(11-7-9-24-57)40(13-8-10-25-58)49-42-29-39(62-32-37-12-5-6-14-43(37)53)20-22-45(42)67-52(48,50(41)49)65-26-4-2/h4-6,12,14-22,27-29,35,40,48-50,57-58H,2-3,7-11,13,23-26,30-33H2,1H3. The topological polar surface area (TPSA) is 172 Å². The number of hydrogen-bond donors (Lipinski definition) is 2. The Labute approximate surface area is 389 Å². The normalized spacial score (nSPS) is 22.8. The van der Waals surface area contributed by atoms with Gasteiger partial charge in [0.1, 0.15) is 36.6 Å². The number of non-ortho nitro benzene ring substituents is 1. The van der Waals surface area contributed by atoms with E-state index in [1.807, 2.05) is 24.0 Å². The number of fused-ring (bicyclic) bond motifs is 3. The SMILES string of the molecule is C=CCOC12Oc3ccc(OCc4ccccc4F)cc3C3C(CCCCO)C(CCCCO)C=C(C(=NOCc4ccc([N+](=O)[O-])cc4)CC1N(CCC)C(=O)c1ccc4c(c1)OCO4)C32. The van der Waals surface area contributed by atoms with Gasteiger partial charge in [-0.3, -0.25) is 14.9 Å². The van der Waals surface area contributed by atoms with E-state index >= 15 is 4.79 Å². The Morgan fingerprint density at radius 3 is 2.48 bits per heavy atom. The highest BCUT2D eigenvalue weighted by molar-refractivity contribution is 6.03. The van der Waals surface area contributed by atoms with Gasteiger partial charge in [0.2, 0.25) is 12.6 Å². The number of carbonyl (C=O) groups excluding carboxylic acids is 1. The van der Waals surface area contributed by atoms with Crippen LogP contribution < -0.4 is 18.9 Å². The second-order valence-electron chi connectivity index (χ2n) is 17.4. The third kappa shape index (κ3) is 10.0. The molecule has 67 heavy (non-hydrogen) atoms. The number of carbonyl (C=O) groups is 1. The molecule has 0 radical (unpaired) electrons. The molecule has 1 fully saturated rings. The fourth-order valence-electron chi connectivity index (χ4n) is 10.2. The van der Waals surface area contributed by atoms with Crippen LogP contribution in [0.5, 0.6) is 23.0 Å². The van der Waals surface area contributed by atoms with E-state index in [9.17, 15) is 24.7 Å². The number of nitrogens with zero attached hydrogens (tertiary/aromatic N) is 3. The number of nitro groups is 1. The Bertz CT molecular complexity index is 2460. The molecule has 6 atom stereocenters. The minimum atomic E-state index is -1.50. The van der Waals surface area contributed by atoms with Crippen molar-refractivity contribution < 1.29 is 52.8 Å². The first-order chi connectivity index (χ1) is 32.7. The molecule has 14 nitrogen and oxygen atoms in total. The average Bonchev–Trinajstić information content (AvgIpc) is 3.82. The summed E-state index contributed by atoms with van der Waals surface area (Å²) >= 11 is 0. The number of halogens is 1. The van der Waals surface area contributed by atoms with Gasteiger partial charge in [0.25, 0.3) is 11.6 Å². The number of allylic oxidation sites excluding steroid dienone is 1.